The third-order valence-corrected chi connectivity index (χ3v) is 2.85. The predicted octanol–water partition coefficient (Wildman–Crippen LogP) is 1.34. The number of nitrogens with zero attached hydrogens (tertiary/aromatic N) is 2. The minimum Gasteiger partial charge on any atom is -0.465 e. The molecular formula is C14H16N4O5. The molecule has 2 rings (SSSR count). The topological polar surface area (TPSA) is 112 Å². The van der Waals surface area contributed by atoms with Gasteiger partial charge < -0.3 is 14.8 Å². The van der Waals surface area contributed by atoms with Crippen molar-refractivity contribution in [3.05, 3.63) is 24.3 Å². The highest BCUT2D eigenvalue weighted by atomic mass is 16.5. The van der Waals surface area contributed by atoms with Crippen LogP contribution in [0.3, 0.4) is 0 Å². The number of anilines is 1. The molecule has 0 fully saturated rings. The van der Waals surface area contributed by atoms with Crippen molar-refractivity contribution in [2.75, 3.05) is 25.6 Å². The van der Waals surface area contributed by atoms with E-state index in [0.717, 1.165) is 4.57 Å². The van der Waals surface area contributed by atoms with Gasteiger partial charge in [-0.2, -0.15) is 0 Å². The zero-order chi connectivity index (χ0) is 16.8. The van der Waals surface area contributed by atoms with E-state index >= 15 is 0 Å². The quantitative estimate of drug-likeness (QED) is 0.822. The molecule has 0 atom stereocenters. The van der Waals surface area contributed by atoms with E-state index < -0.39 is 18.1 Å². The number of carbonyl (C=O) groups is 3. The number of fused-ring (bicyclic) bond motifs is 1. The third-order valence-electron chi connectivity index (χ3n) is 2.85. The van der Waals surface area contributed by atoms with E-state index in [1.165, 1.54) is 7.11 Å². The lowest BCUT2D eigenvalue weighted by Crippen LogP contribution is -2.34. The molecule has 2 N–H and O–H groups in total. The molecule has 0 aliphatic heterocycles. The Morgan fingerprint density at radius 2 is 2.00 bits per heavy atom. The van der Waals surface area contributed by atoms with Gasteiger partial charge in [0.25, 0.3) is 0 Å². The molecule has 0 aliphatic rings. The van der Waals surface area contributed by atoms with Gasteiger partial charge in [0.15, 0.2) is 0 Å². The first-order chi connectivity index (χ1) is 11.1. The summed E-state index contributed by atoms with van der Waals surface area (Å²) in [7, 11) is 1.20. The molecule has 0 unspecified atom stereocenters. The highest BCUT2D eigenvalue weighted by molar-refractivity contribution is 5.96. The normalized spacial score (nSPS) is 10.2. The number of aromatic nitrogens is 2. The lowest BCUT2D eigenvalue weighted by molar-refractivity contribution is -0.141. The van der Waals surface area contributed by atoms with Crippen LogP contribution in [0.15, 0.2) is 24.3 Å². The monoisotopic (exact) mass is 320 g/mol. The van der Waals surface area contributed by atoms with Crippen molar-refractivity contribution in [3.63, 3.8) is 0 Å². The molecule has 9 nitrogen and oxygen atoms in total. The number of amides is 2. The summed E-state index contributed by atoms with van der Waals surface area (Å²) in [6.07, 6.45) is -0.764. The molecule has 2 amide bonds. The molecule has 0 saturated heterocycles. The Bertz CT molecular complexity index is 740. The number of methoxy groups -OCH3 is 1. The summed E-state index contributed by atoms with van der Waals surface area (Å²) in [5.74, 6) is -0.577. The van der Waals surface area contributed by atoms with Crippen LogP contribution in [0.25, 0.3) is 11.0 Å². The maximum absolute atomic E-state index is 12.3. The molecule has 9 heteroatoms. The van der Waals surface area contributed by atoms with E-state index in [4.69, 9.17) is 4.74 Å². The smallest absolute Gasteiger partial charge is 0.413 e. The molecule has 0 spiro atoms. The maximum Gasteiger partial charge on any atom is 0.413 e. The fourth-order valence-electron chi connectivity index (χ4n) is 1.90. The van der Waals surface area contributed by atoms with E-state index in [9.17, 15) is 14.4 Å². The van der Waals surface area contributed by atoms with Crippen molar-refractivity contribution < 1.29 is 23.9 Å². The first-order valence-electron chi connectivity index (χ1n) is 6.83. The molecule has 1 aromatic carbocycles. The Labute approximate surface area is 131 Å². The van der Waals surface area contributed by atoms with Crippen LogP contribution in [0.1, 0.15) is 6.92 Å². The van der Waals surface area contributed by atoms with Crippen LogP contribution >= 0.6 is 0 Å². The van der Waals surface area contributed by atoms with E-state index in [1.807, 2.05) is 0 Å². The number of ether oxygens (including phenoxy) is 2. The standard InChI is InChI=1S/C14H16N4O5/c1-3-23-11(19)8-15-13(20)18-10-7-5-4-6-9(10)16-12(18)17-14(21)22-2/h4-7H,3,8H2,1-2H3,(H,15,20)(H,16,17,21). The van der Waals surface area contributed by atoms with Crippen LogP contribution in [0.4, 0.5) is 15.5 Å². The summed E-state index contributed by atoms with van der Waals surface area (Å²) in [6.45, 7) is 1.59. The Balaban J connectivity index is 2.29. The lowest BCUT2D eigenvalue weighted by Gasteiger charge is -2.09. The van der Waals surface area contributed by atoms with Crippen molar-refractivity contribution in [2.24, 2.45) is 0 Å². The summed E-state index contributed by atoms with van der Waals surface area (Å²) in [5, 5.41) is 4.77. The highest BCUT2D eigenvalue weighted by Crippen LogP contribution is 2.19. The molecule has 2 aromatic rings. The average molecular weight is 320 g/mol. The first kappa shape index (κ1) is 16.3. The van der Waals surface area contributed by atoms with Gasteiger partial charge in [-0.1, -0.05) is 12.1 Å². The number of para-hydroxylation sites is 2. The van der Waals surface area contributed by atoms with Gasteiger partial charge in [0.1, 0.15) is 6.54 Å². The predicted molar refractivity (Wildman–Crippen MR) is 81.2 cm³/mol. The number of imidazole rings is 1. The van der Waals surface area contributed by atoms with Gasteiger partial charge in [-0.05, 0) is 19.1 Å². The summed E-state index contributed by atoms with van der Waals surface area (Å²) in [5.41, 5.74) is 0.977. The van der Waals surface area contributed by atoms with E-state index in [1.54, 1.807) is 31.2 Å². The number of esters is 1. The van der Waals surface area contributed by atoms with Crippen LogP contribution < -0.4 is 10.6 Å². The van der Waals surface area contributed by atoms with Gasteiger partial charge in [0.05, 0.1) is 24.8 Å². The van der Waals surface area contributed by atoms with E-state index in [0.29, 0.717) is 11.0 Å². The fraction of sp³-hybridized carbons (Fsp3) is 0.286. The number of hydrogen-bond donors (Lipinski definition) is 2. The largest absolute Gasteiger partial charge is 0.465 e. The second-order valence-corrected chi connectivity index (χ2v) is 4.34. The van der Waals surface area contributed by atoms with Gasteiger partial charge in [-0.15, -0.1) is 0 Å². The number of rotatable bonds is 4. The Hall–Kier alpha value is -3.10. The summed E-state index contributed by atoms with van der Waals surface area (Å²) < 4.78 is 10.4. The van der Waals surface area contributed by atoms with E-state index in [2.05, 4.69) is 20.4 Å². The van der Waals surface area contributed by atoms with Crippen LogP contribution in [0, 0.1) is 0 Å². The minimum absolute atomic E-state index is 0.0144. The van der Waals surface area contributed by atoms with Gasteiger partial charge in [0, 0.05) is 0 Å². The van der Waals surface area contributed by atoms with Crippen LogP contribution in [-0.2, 0) is 14.3 Å². The summed E-state index contributed by atoms with van der Waals surface area (Å²) in [4.78, 5) is 39.2. The number of hydrogen-bond acceptors (Lipinski definition) is 6. The molecule has 0 bridgehead atoms. The minimum atomic E-state index is -0.764. The van der Waals surface area contributed by atoms with Crippen molar-refractivity contribution in [2.45, 2.75) is 6.92 Å². The maximum atomic E-state index is 12.3. The van der Waals surface area contributed by atoms with Crippen molar-refractivity contribution in [1.29, 1.82) is 0 Å². The molecule has 1 heterocycles. The average Bonchev–Trinajstić information content (AvgIpc) is 2.90. The van der Waals surface area contributed by atoms with Gasteiger partial charge in [-0.25, -0.2) is 19.1 Å². The fourth-order valence-corrected chi connectivity index (χ4v) is 1.90. The third kappa shape index (κ3) is 3.76. The molecule has 0 radical (unpaired) electrons. The number of carbonyl (C=O) groups excluding carboxylic acids is 3. The van der Waals surface area contributed by atoms with Crippen molar-refractivity contribution in [3.8, 4) is 0 Å². The van der Waals surface area contributed by atoms with Crippen LogP contribution in [-0.4, -0.2) is 47.9 Å². The zero-order valence-electron chi connectivity index (χ0n) is 12.7. The molecule has 23 heavy (non-hydrogen) atoms. The first-order valence-corrected chi connectivity index (χ1v) is 6.83. The molecule has 122 valence electrons. The Morgan fingerprint density at radius 1 is 1.26 bits per heavy atom. The second kappa shape index (κ2) is 7.25. The van der Waals surface area contributed by atoms with Gasteiger partial charge >= 0.3 is 18.1 Å². The van der Waals surface area contributed by atoms with Crippen molar-refractivity contribution >= 4 is 35.1 Å². The lowest BCUT2D eigenvalue weighted by atomic mass is 10.3. The van der Waals surface area contributed by atoms with Crippen LogP contribution in [0.2, 0.25) is 0 Å². The molecule has 0 saturated carbocycles. The van der Waals surface area contributed by atoms with Crippen LogP contribution in [0.5, 0.6) is 0 Å². The number of nitrogens with one attached hydrogen (secondary N) is 2. The second-order valence-electron chi connectivity index (χ2n) is 4.34. The zero-order valence-corrected chi connectivity index (χ0v) is 12.7. The van der Waals surface area contributed by atoms with E-state index in [-0.39, 0.29) is 19.1 Å². The highest BCUT2D eigenvalue weighted by Gasteiger charge is 2.19. The molecule has 1 aromatic heterocycles. The molecular weight excluding hydrogens is 304 g/mol. The molecule has 0 aliphatic carbocycles. The SMILES string of the molecule is CCOC(=O)CNC(=O)n1c(NC(=O)OC)nc2ccccc21. The summed E-state index contributed by atoms with van der Waals surface area (Å²) in [6, 6.07) is 6.19. The summed E-state index contributed by atoms with van der Waals surface area (Å²) >= 11 is 0. The Kier molecular flexibility index (Phi) is 5.13. The Morgan fingerprint density at radius 3 is 2.70 bits per heavy atom. The van der Waals surface area contributed by atoms with Gasteiger partial charge in [-0.3, -0.25) is 10.1 Å². The van der Waals surface area contributed by atoms with Crippen molar-refractivity contribution in [1.82, 2.24) is 14.9 Å². The number of benzene rings is 1. The van der Waals surface area contributed by atoms with Gasteiger partial charge in [0.2, 0.25) is 5.95 Å².